The van der Waals surface area contributed by atoms with Crippen LogP contribution >= 0.6 is 0 Å². The number of benzene rings is 1. The van der Waals surface area contributed by atoms with Crippen molar-refractivity contribution in [1.29, 1.82) is 0 Å². The summed E-state index contributed by atoms with van der Waals surface area (Å²) < 4.78 is 5.33. The highest BCUT2D eigenvalue weighted by Crippen LogP contribution is 2.33. The number of carbonyl (C=O) groups is 3. The SMILES string of the molecule is CC(=O)N1C=Cc2ccccc2C1CC(=O)NC1(CC(=O)O)CCOCC1. The minimum atomic E-state index is -0.950. The highest BCUT2D eigenvalue weighted by atomic mass is 16.5. The molecule has 7 heteroatoms. The van der Waals surface area contributed by atoms with Crippen LogP contribution in [0, 0.1) is 0 Å². The average molecular weight is 372 g/mol. The highest BCUT2D eigenvalue weighted by molar-refractivity contribution is 5.82. The predicted octanol–water partition coefficient (Wildman–Crippen LogP) is 2.09. The van der Waals surface area contributed by atoms with Crippen LogP contribution in [0.5, 0.6) is 0 Å². The van der Waals surface area contributed by atoms with Crippen molar-refractivity contribution < 1.29 is 24.2 Å². The predicted molar refractivity (Wildman–Crippen MR) is 98.5 cm³/mol. The van der Waals surface area contributed by atoms with Crippen molar-refractivity contribution in [3.63, 3.8) is 0 Å². The number of carboxylic acids is 1. The molecule has 2 amide bonds. The van der Waals surface area contributed by atoms with E-state index in [1.165, 1.54) is 6.92 Å². The van der Waals surface area contributed by atoms with Crippen LogP contribution in [0.1, 0.15) is 49.8 Å². The quantitative estimate of drug-likeness (QED) is 0.825. The first-order chi connectivity index (χ1) is 12.9. The Kier molecular flexibility index (Phi) is 5.60. The van der Waals surface area contributed by atoms with Crippen molar-refractivity contribution in [2.24, 2.45) is 0 Å². The topological polar surface area (TPSA) is 95.9 Å². The van der Waals surface area contributed by atoms with E-state index in [1.54, 1.807) is 11.1 Å². The zero-order valence-electron chi connectivity index (χ0n) is 15.3. The number of amides is 2. The smallest absolute Gasteiger partial charge is 0.305 e. The molecule has 2 aliphatic rings. The molecule has 2 aliphatic heterocycles. The van der Waals surface area contributed by atoms with Crippen LogP contribution in [0.2, 0.25) is 0 Å². The molecule has 7 nitrogen and oxygen atoms in total. The number of fused-ring (bicyclic) bond motifs is 1. The van der Waals surface area contributed by atoms with E-state index < -0.39 is 17.6 Å². The molecule has 0 radical (unpaired) electrons. The summed E-state index contributed by atoms with van der Waals surface area (Å²) in [7, 11) is 0. The number of hydrogen-bond acceptors (Lipinski definition) is 4. The van der Waals surface area contributed by atoms with Crippen molar-refractivity contribution >= 4 is 23.9 Å². The molecule has 3 rings (SSSR count). The van der Waals surface area contributed by atoms with Gasteiger partial charge < -0.3 is 20.1 Å². The molecule has 0 aliphatic carbocycles. The lowest BCUT2D eigenvalue weighted by Gasteiger charge is -2.38. The molecule has 0 saturated carbocycles. The molecule has 0 aromatic heterocycles. The molecule has 0 bridgehead atoms. The van der Waals surface area contributed by atoms with Crippen molar-refractivity contribution in [2.75, 3.05) is 13.2 Å². The Morgan fingerprint density at radius 3 is 2.63 bits per heavy atom. The lowest BCUT2D eigenvalue weighted by Crippen LogP contribution is -2.53. The minimum Gasteiger partial charge on any atom is -0.481 e. The van der Waals surface area contributed by atoms with Crippen molar-refractivity contribution in [2.45, 2.75) is 44.2 Å². The van der Waals surface area contributed by atoms with Gasteiger partial charge in [-0.15, -0.1) is 0 Å². The van der Waals surface area contributed by atoms with Gasteiger partial charge >= 0.3 is 5.97 Å². The van der Waals surface area contributed by atoms with Gasteiger partial charge in [0.2, 0.25) is 11.8 Å². The van der Waals surface area contributed by atoms with Crippen LogP contribution in [0.15, 0.2) is 30.5 Å². The molecule has 1 unspecified atom stereocenters. The van der Waals surface area contributed by atoms with Gasteiger partial charge in [-0.1, -0.05) is 24.3 Å². The number of ether oxygens (including phenoxy) is 1. The Hall–Kier alpha value is -2.67. The van der Waals surface area contributed by atoms with Crippen LogP contribution in [0.4, 0.5) is 0 Å². The molecule has 1 aromatic rings. The van der Waals surface area contributed by atoms with Gasteiger partial charge in [-0.25, -0.2) is 0 Å². The van der Waals surface area contributed by atoms with Gasteiger partial charge in [0.1, 0.15) is 0 Å². The summed E-state index contributed by atoms with van der Waals surface area (Å²) in [5.41, 5.74) is 1.08. The number of carbonyl (C=O) groups excluding carboxylic acids is 2. The fourth-order valence-electron chi connectivity index (χ4n) is 3.83. The molecule has 1 saturated heterocycles. The van der Waals surface area contributed by atoms with Gasteiger partial charge in [0.15, 0.2) is 0 Å². The van der Waals surface area contributed by atoms with E-state index >= 15 is 0 Å². The molecule has 27 heavy (non-hydrogen) atoms. The Labute approximate surface area is 158 Å². The van der Waals surface area contributed by atoms with Crippen LogP contribution in [-0.4, -0.2) is 46.5 Å². The maximum atomic E-state index is 12.8. The van der Waals surface area contributed by atoms with Crippen LogP contribution in [-0.2, 0) is 19.1 Å². The third kappa shape index (κ3) is 4.36. The first-order valence-corrected chi connectivity index (χ1v) is 9.07. The molecule has 1 aromatic carbocycles. The van der Waals surface area contributed by atoms with Gasteiger partial charge in [0.25, 0.3) is 0 Å². The number of hydrogen-bond donors (Lipinski definition) is 2. The molecule has 2 N–H and O–H groups in total. The summed E-state index contributed by atoms with van der Waals surface area (Å²) in [5, 5.41) is 12.2. The second-order valence-electron chi connectivity index (χ2n) is 7.10. The van der Waals surface area contributed by atoms with Crippen molar-refractivity contribution in [1.82, 2.24) is 10.2 Å². The van der Waals surface area contributed by atoms with E-state index in [-0.39, 0.29) is 24.7 Å². The Morgan fingerprint density at radius 2 is 1.96 bits per heavy atom. The summed E-state index contributed by atoms with van der Waals surface area (Å²) in [4.78, 5) is 37.7. The zero-order valence-corrected chi connectivity index (χ0v) is 15.3. The van der Waals surface area contributed by atoms with Gasteiger partial charge in [-0.2, -0.15) is 0 Å². The Balaban J connectivity index is 1.79. The van der Waals surface area contributed by atoms with Gasteiger partial charge in [0, 0.05) is 26.3 Å². The number of nitrogens with one attached hydrogen (secondary N) is 1. The normalized spacial score (nSPS) is 20.6. The van der Waals surface area contributed by atoms with E-state index in [9.17, 15) is 19.5 Å². The number of rotatable bonds is 5. The monoisotopic (exact) mass is 372 g/mol. The summed E-state index contributed by atoms with van der Waals surface area (Å²) in [5.74, 6) is -1.36. The Bertz CT molecular complexity index is 767. The van der Waals surface area contributed by atoms with E-state index in [0.29, 0.717) is 26.1 Å². The third-order valence-electron chi connectivity index (χ3n) is 5.19. The fourth-order valence-corrected chi connectivity index (χ4v) is 3.83. The largest absolute Gasteiger partial charge is 0.481 e. The fraction of sp³-hybridized carbons (Fsp3) is 0.450. The van der Waals surface area contributed by atoms with Crippen LogP contribution in [0.25, 0.3) is 6.08 Å². The standard InChI is InChI=1S/C20H24N2O5/c1-14(23)22-9-6-15-4-2-3-5-16(15)17(22)12-18(24)21-20(13-19(25)26)7-10-27-11-8-20/h2-6,9,17H,7-8,10-13H2,1H3,(H,21,24)(H,25,26). The maximum Gasteiger partial charge on any atom is 0.305 e. The highest BCUT2D eigenvalue weighted by Gasteiger charge is 2.37. The van der Waals surface area contributed by atoms with E-state index in [4.69, 9.17) is 4.74 Å². The van der Waals surface area contributed by atoms with Crippen LogP contribution in [0.3, 0.4) is 0 Å². The minimum absolute atomic E-state index is 0.0726. The lowest BCUT2D eigenvalue weighted by atomic mass is 9.86. The zero-order chi connectivity index (χ0) is 19.4. The lowest BCUT2D eigenvalue weighted by molar-refractivity contribution is -0.140. The average Bonchev–Trinajstić information content (AvgIpc) is 2.61. The third-order valence-corrected chi connectivity index (χ3v) is 5.19. The van der Waals surface area contributed by atoms with Gasteiger partial charge in [-0.05, 0) is 30.0 Å². The number of aliphatic carboxylic acids is 1. The second kappa shape index (κ2) is 7.92. The molecule has 2 heterocycles. The summed E-state index contributed by atoms with van der Waals surface area (Å²) >= 11 is 0. The summed E-state index contributed by atoms with van der Waals surface area (Å²) in [6, 6.07) is 7.23. The summed E-state index contributed by atoms with van der Waals surface area (Å²) in [6.45, 7) is 2.30. The van der Waals surface area contributed by atoms with E-state index in [0.717, 1.165) is 11.1 Å². The second-order valence-corrected chi connectivity index (χ2v) is 7.10. The maximum absolute atomic E-state index is 12.8. The Morgan fingerprint density at radius 1 is 1.26 bits per heavy atom. The van der Waals surface area contributed by atoms with E-state index in [2.05, 4.69) is 5.32 Å². The molecule has 144 valence electrons. The number of carboxylic acid groups (broad SMARTS) is 1. The molecule has 1 fully saturated rings. The van der Waals surface area contributed by atoms with Gasteiger partial charge in [-0.3, -0.25) is 14.4 Å². The molecular weight excluding hydrogens is 348 g/mol. The molecule has 1 atom stereocenters. The van der Waals surface area contributed by atoms with Crippen LogP contribution < -0.4 is 5.32 Å². The van der Waals surface area contributed by atoms with Gasteiger partial charge in [0.05, 0.1) is 24.4 Å². The number of nitrogens with zero attached hydrogens (tertiary/aromatic N) is 1. The first kappa shape index (κ1) is 19.1. The molecular formula is C20H24N2O5. The summed E-state index contributed by atoms with van der Waals surface area (Å²) in [6.07, 6.45) is 4.41. The van der Waals surface area contributed by atoms with Crippen molar-refractivity contribution in [3.05, 3.63) is 41.6 Å². The molecule has 0 spiro atoms. The van der Waals surface area contributed by atoms with E-state index in [1.807, 2.05) is 30.3 Å². The first-order valence-electron chi connectivity index (χ1n) is 9.07. The van der Waals surface area contributed by atoms with Crippen molar-refractivity contribution in [3.8, 4) is 0 Å².